The van der Waals surface area contributed by atoms with E-state index < -0.39 is 5.97 Å². The summed E-state index contributed by atoms with van der Waals surface area (Å²) in [6.45, 7) is 0.411. The topological polar surface area (TPSA) is 57.6 Å². The quantitative estimate of drug-likeness (QED) is 0.798. The van der Waals surface area contributed by atoms with Gasteiger partial charge in [0.15, 0.2) is 0 Å². The van der Waals surface area contributed by atoms with Crippen molar-refractivity contribution in [3.63, 3.8) is 0 Å². The molecule has 0 aliphatic heterocycles. The molecule has 6 heteroatoms. The summed E-state index contributed by atoms with van der Waals surface area (Å²) in [6, 6.07) is 5.12. The van der Waals surface area contributed by atoms with Gasteiger partial charge in [0.1, 0.15) is 0 Å². The number of hydrogen-bond acceptors (Lipinski definition) is 2. The molecule has 0 heterocycles. The number of carboxylic acids is 1. The van der Waals surface area contributed by atoms with Crippen LogP contribution in [-0.2, 0) is 4.79 Å². The summed E-state index contributed by atoms with van der Waals surface area (Å²) < 4.78 is 0.888. The van der Waals surface area contributed by atoms with Crippen molar-refractivity contribution in [2.24, 2.45) is 0 Å². The molecule has 0 saturated heterocycles. The first-order chi connectivity index (χ1) is 8.41. The highest BCUT2D eigenvalue weighted by Crippen LogP contribution is 2.20. The summed E-state index contributed by atoms with van der Waals surface area (Å²) >= 11 is 8.04. The fourth-order valence-electron chi connectivity index (χ4n) is 1.42. The maximum absolute atomic E-state index is 12.0. The molecule has 0 unspecified atom stereocenters. The van der Waals surface area contributed by atoms with Crippen molar-refractivity contribution in [1.29, 1.82) is 0 Å². The minimum atomic E-state index is -0.854. The Morgan fingerprint density at radius 1 is 1.44 bits per heavy atom. The lowest BCUT2D eigenvalue weighted by Gasteiger charge is -2.16. The maximum atomic E-state index is 12.0. The van der Waals surface area contributed by atoms with Crippen molar-refractivity contribution in [3.8, 4) is 0 Å². The number of carboxylic acid groups (broad SMARTS) is 1. The van der Waals surface area contributed by atoms with Crippen LogP contribution < -0.4 is 0 Å². The highest BCUT2D eigenvalue weighted by molar-refractivity contribution is 14.1. The van der Waals surface area contributed by atoms with Gasteiger partial charge in [0.2, 0.25) is 0 Å². The van der Waals surface area contributed by atoms with E-state index in [1.165, 1.54) is 4.90 Å². The van der Waals surface area contributed by atoms with Crippen molar-refractivity contribution in [3.05, 3.63) is 32.4 Å². The summed E-state index contributed by atoms with van der Waals surface area (Å²) in [5, 5.41) is 9.07. The molecule has 1 N–H and O–H groups in total. The van der Waals surface area contributed by atoms with Gasteiger partial charge in [-0.05, 0) is 47.2 Å². The Kier molecular flexibility index (Phi) is 5.87. The normalized spacial score (nSPS) is 10.2. The summed E-state index contributed by atoms with van der Waals surface area (Å²) in [5.41, 5.74) is 0.512. The van der Waals surface area contributed by atoms with E-state index in [-0.39, 0.29) is 12.3 Å². The number of amides is 1. The molecule has 0 spiro atoms. The first-order valence-electron chi connectivity index (χ1n) is 5.34. The van der Waals surface area contributed by atoms with Crippen molar-refractivity contribution in [1.82, 2.24) is 4.90 Å². The fraction of sp³-hybridized carbons (Fsp3) is 0.333. The molecule has 0 aromatic heterocycles. The Morgan fingerprint density at radius 2 is 2.11 bits per heavy atom. The SMILES string of the molecule is CN(CCCC(=O)O)C(=O)c1ccc(I)c(Cl)c1. The predicted molar refractivity (Wildman–Crippen MR) is 78.0 cm³/mol. The van der Waals surface area contributed by atoms with Gasteiger partial charge < -0.3 is 10.0 Å². The second-order valence-corrected chi connectivity index (χ2v) is 5.42. The molecule has 1 aromatic rings. The third kappa shape index (κ3) is 4.45. The molecule has 1 rings (SSSR count). The third-order valence-electron chi connectivity index (χ3n) is 2.40. The molecule has 1 aromatic carbocycles. The molecule has 0 aliphatic carbocycles. The molecule has 18 heavy (non-hydrogen) atoms. The number of benzene rings is 1. The van der Waals surface area contributed by atoms with Crippen LogP contribution in [0.5, 0.6) is 0 Å². The monoisotopic (exact) mass is 381 g/mol. The zero-order valence-corrected chi connectivity index (χ0v) is 12.7. The molecule has 0 radical (unpaired) electrons. The van der Waals surface area contributed by atoms with Gasteiger partial charge in [-0.3, -0.25) is 9.59 Å². The summed E-state index contributed by atoms with van der Waals surface area (Å²) in [4.78, 5) is 23.9. The molecule has 0 saturated carbocycles. The van der Waals surface area contributed by atoms with E-state index in [0.29, 0.717) is 23.6 Å². The lowest BCUT2D eigenvalue weighted by atomic mass is 10.2. The number of hydrogen-bond donors (Lipinski definition) is 1. The fourth-order valence-corrected chi connectivity index (χ4v) is 1.93. The van der Waals surface area contributed by atoms with Crippen LogP contribution in [0, 0.1) is 3.57 Å². The van der Waals surface area contributed by atoms with Crippen molar-refractivity contribution in [2.75, 3.05) is 13.6 Å². The smallest absolute Gasteiger partial charge is 0.303 e. The van der Waals surface area contributed by atoms with E-state index in [2.05, 4.69) is 22.6 Å². The lowest BCUT2D eigenvalue weighted by molar-refractivity contribution is -0.137. The van der Waals surface area contributed by atoms with Crippen molar-refractivity contribution >= 4 is 46.1 Å². The van der Waals surface area contributed by atoms with E-state index in [1.807, 2.05) is 0 Å². The Labute approximate surface area is 124 Å². The number of carbonyl (C=O) groups is 2. The Hall–Kier alpha value is -0.820. The van der Waals surface area contributed by atoms with Crippen LogP contribution in [0.2, 0.25) is 5.02 Å². The van der Waals surface area contributed by atoms with Crippen LogP contribution >= 0.6 is 34.2 Å². The maximum Gasteiger partial charge on any atom is 0.303 e. The largest absolute Gasteiger partial charge is 0.481 e. The second kappa shape index (κ2) is 6.94. The molecule has 1 amide bonds. The molecule has 0 bridgehead atoms. The minimum absolute atomic E-state index is 0.0606. The average Bonchev–Trinajstić information content (AvgIpc) is 2.31. The average molecular weight is 382 g/mol. The second-order valence-electron chi connectivity index (χ2n) is 3.85. The molecule has 0 fully saturated rings. The molecule has 98 valence electrons. The predicted octanol–water partition coefficient (Wildman–Crippen LogP) is 2.88. The van der Waals surface area contributed by atoms with E-state index in [9.17, 15) is 9.59 Å². The third-order valence-corrected chi connectivity index (χ3v) is 3.97. The van der Waals surface area contributed by atoms with E-state index in [0.717, 1.165) is 3.57 Å². The summed E-state index contributed by atoms with van der Waals surface area (Å²) in [6.07, 6.45) is 0.501. The molecule has 0 aliphatic rings. The van der Waals surface area contributed by atoms with Gasteiger partial charge in [0.25, 0.3) is 5.91 Å². The number of aliphatic carboxylic acids is 1. The Bertz CT molecular complexity index is 465. The molecular formula is C12H13ClINO3. The summed E-state index contributed by atoms with van der Waals surface area (Å²) in [5.74, 6) is -1.01. The first-order valence-corrected chi connectivity index (χ1v) is 6.80. The van der Waals surface area contributed by atoms with Gasteiger partial charge >= 0.3 is 5.97 Å². The summed E-state index contributed by atoms with van der Waals surface area (Å²) in [7, 11) is 1.65. The van der Waals surface area contributed by atoms with E-state index in [1.54, 1.807) is 25.2 Å². The molecule has 4 nitrogen and oxygen atoms in total. The standard InChI is InChI=1S/C12H13ClINO3/c1-15(6-2-3-11(16)17)12(18)8-4-5-10(14)9(13)7-8/h4-5,7H,2-3,6H2,1H3,(H,16,17). The highest BCUT2D eigenvalue weighted by atomic mass is 127. The number of nitrogens with zero attached hydrogens (tertiary/aromatic N) is 1. The molecular weight excluding hydrogens is 368 g/mol. The van der Waals surface area contributed by atoms with Gasteiger partial charge in [0, 0.05) is 29.1 Å². The van der Waals surface area contributed by atoms with Crippen LogP contribution in [0.1, 0.15) is 23.2 Å². The highest BCUT2D eigenvalue weighted by Gasteiger charge is 2.13. The number of halogens is 2. The van der Waals surface area contributed by atoms with Gasteiger partial charge in [-0.15, -0.1) is 0 Å². The Morgan fingerprint density at radius 3 is 2.67 bits per heavy atom. The van der Waals surface area contributed by atoms with Crippen molar-refractivity contribution in [2.45, 2.75) is 12.8 Å². The van der Waals surface area contributed by atoms with Crippen molar-refractivity contribution < 1.29 is 14.7 Å². The van der Waals surface area contributed by atoms with E-state index in [4.69, 9.17) is 16.7 Å². The van der Waals surface area contributed by atoms with Crippen LogP contribution in [0.3, 0.4) is 0 Å². The molecule has 0 atom stereocenters. The van der Waals surface area contributed by atoms with E-state index >= 15 is 0 Å². The minimum Gasteiger partial charge on any atom is -0.481 e. The lowest BCUT2D eigenvalue weighted by Crippen LogP contribution is -2.28. The van der Waals surface area contributed by atoms with Gasteiger partial charge in [-0.1, -0.05) is 11.6 Å². The van der Waals surface area contributed by atoms with Crippen LogP contribution in [-0.4, -0.2) is 35.5 Å². The van der Waals surface area contributed by atoms with Gasteiger partial charge in [-0.25, -0.2) is 0 Å². The van der Waals surface area contributed by atoms with Crippen LogP contribution in [0.4, 0.5) is 0 Å². The Balaban J connectivity index is 2.62. The first kappa shape index (κ1) is 15.2. The van der Waals surface area contributed by atoms with Gasteiger partial charge in [-0.2, -0.15) is 0 Å². The zero-order chi connectivity index (χ0) is 13.7. The zero-order valence-electron chi connectivity index (χ0n) is 9.82. The van der Waals surface area contributed by atoms with Crippen LogP contribution in [0.15, 0.2) is 18.2 Å². The number of rotatable bonds is 5. The number of carbonyl (C=O) groups excluding carboxylic acids is 1. The van der Waals surface area contributed by atoms with Crippen LogP contribution in [0.25, 0.3) is 0 Å². The van der Waals surface area contributed by atoms with Gasteiger partial charge in [0.05, 0.1) is 5.02 Å².